The molecule has 2 aromatic heterocycles. The van der Waals surface area contributed by atoms with E-state index in [1.807, 2.05) is 18.5 Å². The Bertz CT molecular complexity index is 652. The van der Waals surface area contributed by atoms with Crippen LogP contribution in [0.1, 0.15) is 29.8 Å². The van der Waals surface area contributed by atoms with E-state index in [-0.39, 0.29) is 5.60 Å². The van der Waals surface area contributed by atoms with Crippen LogP contribution in [0.15, 0.2) is 36.1 Å². The third-order valence-corrected chi connectivity index (χ3v) is 6.10. The molecule has 1 saturated carbocycles. The zero-order chi connectivity index (χ0) is 17.0. The summed E-state index contributed by atoms with van der Waals surface area (Å²) in [6.07, 6.45) is 9.12. The van der Waals surface area contributed by atoms with Crippen molar-refractivity contribution in [2.45, 2.75) is 38.0 Å². The lowest BCUT2D eigenvalue weighted by atomic mass is 9.89. The van der Waals surface area contributed by atoms with E-state index in [0.29, 0.717) is 12.5 Å². The molecule has 2 fully saturated rings. The molecule has 0 N–H and O–H groups in total. The lowest BCUT2D eigenvalue weighted by molar-refractivity contribution is -0.144. The average molecular weight is 359 g/mol. The number of nitrogens with zero attached hydrogens (tertiary/aromatic N) is 3. The highest BCUT2D eigenvalue weighted by atomic mass is 32.1. The van der Waals surface area contributed by atoms with Crippen LogP contribution in [0.4, 0.5) is 0 Å². The molecule has 1 saturated heterocycles. The Morgan fingerprint density at radius 2 is 2.40 bits per heavy atom. The topological polar surface area (TPSA) is 47.5 Å². The zero-order valence-corrected chi connectivity index (χ0v) is 15.3. The molecule has 1 aliphatic heterocycles. The number of thiazole rings is 1. The van der Waals surface area contributed by atoms with Gasteiger partial charge in [0.05, 0.1) is 32.0 Å². The summed E-state index contributed by atoms with van der Waals surface area (Å²) in [4.78, 5) is 11.1. The predicted molar refractivity (Wildman–Crippen MR) is 97.3 cm³/mol. The Morgan fingerprint density at radius 3 is 3.24 bits per heavy atom. The van der Waals surface area contributed by atoms with Crippen LogP contribution in [0, 0.1) is 5.92 Å². The van der Waals surface area contributed by atoms with Crippen molar-refractivity contribution in [2.24, 2.45) is 5.92 Å². The summed E-state index contributed by atoms with van der Waals surface area (Å²) in [5.74, 6) is 0.475. The van der Waals surface area contributed by atoms with E-state index in [2.05, 4.69) is 26.3 Å². The quantitative estimate of drug-likeness (QED) is 0.793. The molecule has 5 nitrogen and oxygen atoms in total. The fourth-order valence-electron chi connectivity index (χ4n) is 4.09. The molecule has 134 valence electrons. The van der Waals surface area contributed by atoms with Gasteiger partial charge in [-0.25, -0.2) is 4.98 Å². The van der Waals surface area contributed by atoms with Crippen LogP contribution >= 0.6 is 11.3 Å². The summed E-state index contributed by atoms with van der Waals surface area (Å²) in [6, 6.07) is 4.01. The standard InChI is InChI=1S/C19H25N3O2S/c1-4-17(14-23-13-16-3-2-6-20-11-16)19(5-1)15-22(8-9-24-19)12-18-21-7-10-25-18/h2-3,6-7,10-11,17H,1,4-5,8-9,12-15H2/t17-,19+/m1/s1. The Hall–Kier alpha value is -1.34. The van der Waals surface area contributed by atoms with E-state index < -0.39 is 0 Å². The number of pyridine rings is 1. The molecule has 3 heterocycles. The van der Waals surface area contributed by atoms with Crippen molar-refractivity contribution in [2.75, 3.05) is 26.3 Å². The van der Waals surface area contributed by atoms with Gasteiger partial charge in [0.2, 0.25) is 0 Å². The molecular formula is C19H25N3O2S. The van der Waals surface area contributed by atoms with Crippen molar-refractivity contribution in [1.29, 1.82) is 0 Å². The number of aromatic nitrogens is 2. The molecule has 1 aliphatic carbocycles. The Labute approximate surface area is 153 Å². The van der Waals surface area contributed by atoms with E-state index in [1.54, 1.807) is 17.5 Å². The van der Waals surface area contributed by atoms with E-state index in [1.165, 1.54) is 17.8 Å². The molecular weight excluding hydrogens is 334 g/mol. The highest BCUT2D eigenvalue weighted by Crippen LogP contribution is 2.41. The van der Waals surface area contributed by atoms with Crippen LogP contribution < -0.4 is 0 Å². The monoisotopic (exact) mass is 359 g/mol. The summed E-state index contributed by atoms with van der Waals surface area (Å²) in [6.45, 7) is 5.12. The van der Waals surface area contributed by atoms with Gasteiger partial charge in [-0.3, -0.25) is 9.88 Å². The van der Waals surface area contributed by atoms with Gasteiger partial charge in [0.1, 0.15) is 5.01 Å². The highest BCUT2D eigenvalue weighted by Gasteiger charge is 2.46. The van der Waals surface area contributed by atoms with Crippen molar-refractivity contribution in [1.82, 2.24) is 14.9 Å². The minimum absolute atomic E-state index is 0.0373. The molecule has 25 heavy (non-hydrogen) atoms. The van der Waals surface area contributed by atoms with Crippen LogP contribution in [0.3, 0.4) is 0 Å². The van der Waals surface area contributed by atoms with E-state index in [9.17, 15) is 0 Å². The maximum Gasteiger partial charge on any atom is 0.107 e. The molecule has 2 aromatic rings. The largest absolute Gasteiger partial charge is 0.376 e. The van der Waals surface area contributed by atoms with Crippen molar-refractivity contribution < 1.29 is 9.47 Å². The van der Waals surface area contributed by atoms with Gasteiger partial charge in [0.25, 0.3) is 0 Å². The van der Waals surface area contributed by atoms with Crippen molar-refractivity contribution in [3.8, 4) is 0 Å². The second kappa shape index (κ2) is 7.91. The van der Waals surface area contributed by atoms with Gasteiger partial charge in [-0.15, -0.1) is 11.3 Å². The molecule has 0 amide bonds. The van der Waals surface area contributed by atoms with Crippen molar-refractivity contribution >= 4 is 11.3 Å². The van der Waals surface area contributed by atoms with Gasteiger partial charge in [-0.05, 0) is 24.5 Å². The summed E-state index contributed by atoms with van der Waals surface area (Å²) >= 11 is 1.74. The number of hydrogen-bond donors (Lipinski definition) is 0. The fourth-order valence-corrected chi connectivity index (χ4v) is 4.75. The SMILES string of the molecule is c1cncc(COC[C@H]2CCC[C@]23CN(Cc2nccs2)CCO3)c1. The molecule has 2 atom stereocenters. The Kier molecular flexibility index (Phi) is 5.41. The first-order valence-electron chi connectivity index (χ1n) is 9.05. The minimum Gasteiger partial charge on any atom is -0.376 e. The lowest BCUT2D eigenvalue weighted by Gasteiger charge is -2.44. The molecule has 0 unspecified atom stereocenters. The Morgan fingerprint density at radius 1 is 1.40 bits per heavy atom. The van der Waals surface area contributed by atoms with Gasteiger partial charge in [0.15, 0.2) is 0 Å². The molecule has 4 rings (SSSR count). The summed E-state index contributed by atoms with van der Waals surface area (Å²) in [5.41, 5.74) is 1.09. The molecule has 1 spiro atoms. The van der Waals surface area contributed by atoms with Crippen molar-refractivity contribution in [3.63, 3.8) is 0 Å². The van der Waals surface area contributed by atoms with E-state index in [0.717, 1.165) is 44.8 Å². The predicted octanol–water partition coefficient (Wildman–Crippen LogP) is 3.13. The van der Waals surface area contributed by atoms with Gasteiger partial charge in [-0.1, -0.05) is 12.5 Å². The number of hydrogen-bond acceptors (Lipinski definition) is 6. The van der Waals surface area contributed by atoms with Gasteiger partial charge >= 0.3 is 0 Å². The minimum atomic E-state index is -0.0373. The third kappa shape index (κ3) is 4.08. The van der Waals surface area contributed by atoms with Crippen LogP contribution in [0.5, 0.6) is 0 Å². The van der Waals surface area contributed by atoms with Gasteiger partial charge in [-0.2, -0.15) is 0 Å². The Balaban J connectivity index is 1.34. The number of ether oxygens (including phenoxy) is 2. The third-order valence-electron chi connectivity index (χ3n) is 5.34. The normalized spacial score (nSPS) is 27.1. The molecule has 0 radical (unpaired) electrons. The molecule has 6 heteroatoms. The second-order valence-corrected chi connectivity index (χ2v) is 7.99. The first-order valence-corrected chi connectivity index (χ1v) is 9.93. The molecule has 0 bridgehead atoms. The first-order chi connectivity index (χ1) is 12.3. The fraction of sp³-hybridized carbons (Fsp3) is 0.579. The molecule has 2 aliphatic rings. The van der Waals surface area contributed by atoms with Crippen LogP contribution in [0.25, 0.3) is 0 Å². The maximum absolute atomic E-state index is 6.34. The summed E-state index contributed by atoms with van der Waals surface area (Å²) in [5, 5.41) is 3.25. The van der Waals surface area contributed by atoms with Gasteiger partial charge in [0, 0.05) is 43.0 Å². The lowest BCUT2D eigenvalue weighted by Crippen LogP contribution is -2.54. The van der Waals surface area contributed by atoms with Crippen LogP contribution in [-0.4, -0.2) is 46.8 Å². The van der Waals surface area contributed by atoms with Crippen LogP contribution in [0.2, 0.25) is 0 Å². The maximum atomic E-state index is 6.34. The van der Waals surface area contributed by atoms with Gasteiger partial charge < -0.3 is 9.47 Å². The molecule has 0 aromatic carbocycles. The highest BCUT2D eigenvalue weighted by molar-refractivity contribution is 7.09. The average Bonchev–Trinajstić information content (AvgIpc) is 3.27. The second-order valence-electron chi connectivity index (χ2n) is 7.02. The van der Waals surface area contributed by atoms with Crippen LogP contribution in [-0.2, 0) is 22.6 Å². The van der Waals surface area contributed by atoms with Crippen molar-refractivity contribution in [3.05, 3.63) is 46.7 Å². The number of morpholine rings is 1. The van der Waals surface area contributed by atoms with E-state index >= 15 is 0 Å². The van der Waals surface area contributed by atoms with E-state index in [4.69, 9.17) is 9.47 Å². The first kappa shape index (κ1) is 17.1. The number of rotatable bonds is 6. The summed E-state index contributed by atoms with van der Waals surface area (Å²) in [7, 11) is 0. The summed E-state index contributed by atoms with van der Waals surface area (Å²) < 4.78 is 12.4. The smallest absolute Gasteiger partial charge is 0.107 e. The zero-order valence-electron chi connectivity index (χ0n) is 14.5.